The zero-order valence-electron chi connectivity index (χ0n) is 31.0. The lowest BCUT2D eigenvalue weighted by Crippen LogP contribution is -2.30. The number of hydrogen-bond donors (Lipinski definition) is 0. The molecule has 0 bridgehead atoms. The summed E-state index contributed by atoms with van der Waals surface area (Å²) < 4.78 is 33.4. The summed E-state index contributed by atoms with van der Waals surface area (Å²) in [4.78, 5) is 23.7. The summed E-state index contributed by atoms with van der Waals surface area (Å²) in [6.07, 6.45) is 0.489. The fourth-order valence-corrected chi connectivity index (χ4v) is 7.37. The molecule has 3 aromatic carbocycles. The Bertz CT molecular complexity index is 2210. The summed E-state index contributed by atoms with van der Waals surface area (Å²) in [5.74, 6) is 0.808. The first-order chi connectivity index (χ1) is 24.8. The van der Waals surface area contributed by atoms with E-state index in [0.29, 0.717) is 37.8 Å². The van der Waals surface area contributed by atoms with Crippen LogP contribution in [0.5, 0.6) is 11.6 Å². The number of carbonyl (C=O) groups excluding carboxylic acids is 1. The number of fused-ring (bicyclic) bond motifs is 2. The summed E-state index contributed by atoms with van der Waals surface area (Å²) in [6.45, 7) is 16.0. The molecule has 6 aromatic rings. The van der Waals surface area contributed by atoms with Gasteiger partial charge < -0.3 is 18.8 Å². The van der Waals surface area contributed by atoms with E-state index in [0.717, 1.165) is 54.9 Å². The molecule has 270 valence electrons. The third kappa shape index (κ3) is 8.59. The molecule has 0 atom stereocenters. The van der Waals surface area contributed by atoms with Crippen LogP contribution in [0.25, 0.3) is 33.1 Å². The summed E-state index contributed by atoms with van der Waals surface area (Å²) in [7, 11) is 0. The molecule has 0 fully saturated rings. The fourth-order valence-electron chi connectivity index (χ4n) is 6.18. The maximum Gasteiger partial charge on any atom is 0.311 e. The number of aromatic nitrogens is 3. The number of nitrogens with zero attached hydrogens (tertiary/aromatic N) is 3. The highest BCUT2D eigenvalue weighted by molar-refractivity contribution is 8.00. The van der Waals surface area contributed by atoms with Gasteiger partial charge in [0.05, 0.1) is 35.5 Å². The number of rotatable bonds is 13. The first-order valence-corrected chi connectivity index (χ1v) is 18.5. The molecule has 0 spiro atoms. The Hall–Kier alpha value is -4.89. The van der Waals surface area contributed by atoms with E-state index in [9.17, 15) is 9.18 Å². The third-order valence-corrected chi connectivity index (χ3v) is 9.91. The summed E-state index contributed by atoms with van der Waals surface area (Å²) in [5, 5.41) is 1.80. The van der Waals surface area contributed by atoms with Crippen LogP contribution in [0.1, 0.15) is 65.4 Å². The SMILES string of the molecule is CCOC(=O)C(C)(C)Cc1c(SC(C)(C)C)c2cc(OCc3ccc4cc(F)ccc4n3)ccc2n1Cc1ccc(-c2cccc(OCC)n2)cc1. The zero-order chi connectivity index (χ0) is 37.0. The van der Waals surface area contributed by atoms with Crippen molar-refractivity contribution in [3.05, 3.63) is 114 Å². The normalized spacial score (nSPS) is 12.0. The van der Waals surface area contributed by atoms with Crippen molar-refractivity contribution in [2.75, 3.05) is 13.2 Å². The number of thioether (sulfide) groups is 1. The van der Waals surface area contributed by atoms with Crippen molar-refractivity contribution in [1.82, 2.24) is 14.5 Å². The minimum absolute atomic E-state index is 0.113. The molecule has 0 unspecified atom stereocenters. The smallest absolute Gasteiger partial charge is 0.311 e. The van der Waals surface area contributed by atoms with Crippen molar-refractivity contribution >= 4 is 39.5 Å². The van der Waals surface area contributed by atoms with Crippen LogP contribution in [0.15, 0.2) is 95.9 Å². The monoisotopic (exact) mass is 719 g/mol. The molecule has 6 rings (SSSR count). The number of esters is 1. The molecule has 3 aromatic heterocycles. The summed E-state index contributed by atoms with van der Waals surface area (Å²) in [6, 6.07) is 28.8. The second kappa shape index (κ2) is 15.4. The number of pyridine rings is 2. The van der Waals surface area contributed by atoms with Crippen molar-refractivity contribution < 1.29 is 23.4 Å². The molecule has 0 radical (unpaired) electrons. The Balaban J connectivity index is 1.39. The first-order valence-electron chi connectivity index (χ1n) is 17.7. The molecule has 52 heavy (non-hydrogen) atoms. The average molecular weight is 720 g/mol. The summed E-state index contributed by atoms with van der Waals surface area (Å²) >= 11 is 1.79. The van der Waals surface area contributed by atoms with Crippen molar-refractivity contribution in [3.63, 3.8) is 0 Å². The predicted octanol–water partition coefficient (Wildman–Crippen LogP) is 10.4. The standard InChI is InChI=1S/C43H46FN3O4S/c1-8-49-39-12-10-11-35(46-39)29-15-13-28(14-16-29)26-47-37-22-20-33(51-27-32-19-17-30-23-31(44)18-21-36(30)45-32)24-34(37)40(52-42(3,4)5)38(47)25-43(6,7)41(48)50-9-2/h10-24H,8-9,25-27H2,1-7H3. The third-order valence-electron chi connectivity index (χ3n) is 8.64. The minimum Gasteiger partial charge on any atom is -0.487 e. The Morgan fingerprint density at radius 2 is 1.63 bits per heavy atom. The highest BCUT2D eigenvalue weighted by Crippen LogP contribution is 2.44. The van der Waals surface area contributed by atoms with Gasteiger partial charge in [0.25, 0.3) is 0 Å². The number of ether oxygens (including phenoxy) is 3. The summed E-state index contributed by atoms with van der Waals surface area (Å²) in [5.41, 5.74) is 5.80. The van der Waals surface area contributed by atoms with Crippen molar-refractivity contribution in [1.29, 1.82) is 0 Å². The maximum absolute atomic E-state index is 13.7. The highest BCUT2D eigenvalue weighted by atomic mass is 32.2. The van der Waals surface area contributed by atoms with Crippen LogP contribution in [0.3, 0.4) is 0 Å². The average Bonchev–Trinajstić information content (AvgIpc) is 3.36. The number of carbonyl (C=O) groups is 1. The van der Waals surface area contributed by atoms with Gasteiger partial charge in [0.2, 0.25) is 5.88 Å². The Labute approximate surface area is 309 Å². The molecule has 7 nitrogen and oxygen atoms in total. The van der Waals surface area contributed by atoms with Gasteiger partial charge in [-0.05, 0) is 81.8 Å². The number of benzene rings is 3. The van der Waals surface area contributed by atoms with E-state index in [2.05, 4.69) is 71.7 Å². The Morgan fingerprint density at radius 1 is 0.846 bits per heavy atom. The minimum atomic E-state index is -0.763. The van der Waals surface area contributed by atoms with Gasteiger partial charge in [0.1, 0.15) is 18.2 Å². The quantitative estimate of drug-likeness (QED) is 0.0869. The maximum atomic E-state index is 13.7. The van der Waals surface area contributed by atoms with Crippen LogP contribution < -0.4 is 9.47 Å². The van der Waals surface area contributed by atoms with Gasteiger partial charge in [-0.2, -0.15) is 0 Å². The molecule has 0 aliphatic heterocycles. The highest BCUT2D eigenvalue weighted by Gasteiger charge is 2.34. The molecule has 0 aliphatic carbocycles. The molecule has 0 saturated heterocycles. The van der Waals surface area contributed by atoms with Crippen molar-refractivity contribution in [2.24, 2.45) is 5.41 Å². The molecule has 0 amide bonds. The first kappa shape index (κ1) is 36.9. The molecule has 3 heterocycles. The van der Waals surface area contributed by atoms with E-state index < -0.39 is 5.41 Å². The van der Waals surface area contributed by atoms with Crippen LogP contribution in [-0.2, 0) is 29.1 Å². The number of halogens is 1. The molecule has 0 aliphatic rings. The largest absolute Gasteiger partial charge is 0.487 e. The predicted molar refractivity (Wildman–Crippen MR) is 208 cm³/mol. The van der Waals surface area contributed by atoms with Crippen LogP contribution in [0, 0.1) is 11.2 Å². The van der Waals surface area contributed by atoms with Crippen LogP contribution in [0.4, 0.5) is 4.39 Å². The Kier molecular flexibility index (Phi) is 10.9. The van der Waals surface area contributed by atoms with Crippen molar-refractivity contribution in [3.8, 4) is 22.9 Å². The second-order valence-corrected chi connectivity index (χ2v) is 16.3. The van der Waals surface area contributed by atoms with E-state index >= 15 is 0 Å². The van der Waals surface area contributed by atoms with Gasteiger partial charge in [-0.15, -0.1) is 11.8 Å². The second-order valence-electron chi connectivity index (χ2n) is 14.5. The lowest BCUT2D eigenvalue weighted by atomic mass is 9.87. The molecule has 0 saturated carbocycles. The zero-order valence-corrected chi connectivity index (χ0v) is 31.8. The van der Waals surface area contributed by atoms with E-state index in [-0.39, 0.29) is 23.1 Å². The van der Waals surface area contributed by atoms with Gasteiger partial charge in [-0.3, -0.25) is 4.79 Å². The van der Waals surface area contributed by atoms with Gasteiger partial charge in [0, 0.05) is 56.2 Å². The van der Waals surface area contributed by atoms with E-state index in [1.165, 1.54) is 12.1 Å². The van der Waals surface area contributed by atoms with E-state index in [1.807, 2.05) is 64.1 Å². The molecular formula is C43H46FN3O4S. The fraction of sp³-hybridized carbons (Fsp3) is 0.326. The lowest BCUT2D eigenvalue weighted by molar-refractivity contribution is -0.153. The van der Waals surface area contributed by atoms with Crippen LogP contribution in [-0.4, -0.2) is 38.5 Å². The van der Waals surface area contributed by atoms with Gasteiger partial charge in [-0.1, -0.05) is 57.2 Å². The van der Waals surface area contributed by atoms with Gasteiger partial charge in [-0.25, -0.2) is 14.4 Å². The Morgan fingerprint density at radius 3 is 2.37 bits per heavy atom. The van der Waals surface area contributed by atoms with Crippen LogP contribution in [0.2, 0.25) is 0 Å². The topological polar surface area (TPSA) is 75.5 Å². The molecular weight excluding hydrogens is 674 g/mol. The van der Waals surface area contributed by atoms with E-state index in [1.54, 1.807) is 17.8 Å². The van der Waals surface area contributed by atoms with E-state index in [4.69, 9.17) is 14.2 Å². The lowest BCUT2D eigenvalue weighted by Gasteiger charge is -2.26. The number of hydrogen-bond acceptors (Lipinski definition) is 7. The van der Waals surface area contributed by atoms with Crippen LogP contribution >= 0.6 is 11.8 Å². The van der Waals surface area contributed by atoms with Gasteiger partial charge in [0.15, 0.2) is 0 Å². The van der Waals surface area contributed by atoms with Gasteiger partial charge >= 0.3 is 5.97 Å². The van der Waals surface area contributed by atoms with Crippen molar-refractivity contribution in [2.45, 2.75) is 77.7 Å². The molecule has 9 heteroatoms. The molecule has 0 N–H and O–H groups in total.